The van der Waals surface area contributed by atoms with Crippen molar-refractivity contribution in [1.82, 2.24) is 0 Å². The Labute approximate surface area is 99.3 Å². The van der Waals surface area contributed by atoms with Gasteiger partial charge in [-0.1, -0.05) is 0 Å². The molecule has 0 heterocycles. The van der Waals surface area contributed by atoms with Crippen LogP contribution in [-0.4, -0.2) is 36.1 Å². The fraction of sp³-hybridized carbons (Fsp3) is 0.400. The highest BCUT2D eigenvalue weighted by molar-refractivity contribution is 6.45. The molecule has 0 saturated carbocycles. The summed E-state index contributed by atoms with van der Waals surface area (Å²) in [4.78, 5) is 43.9. The maximum absolute atomic E-state index is 12.1. The Kier molecular flexibility index (Phi) is 5.23. The lowest BCUT2D eigenvalue weighted by atomic mass is 9.94. The van der Waals surface area contributed by atoms with E-state index < -0.39 is 35.4 Å². The van der Waals surface area contributed by atoms with Crippen molar-refractivity contribution in [3.05, 3.63) is 0 Å². The molecule has 0 aliphatic rings. The van der Waals surface area contributed by atoms with Crippen molar-refractivity contribution < 1.29 is 37.1 Å². The fourth-order valence-corrected chi connectivity index (χ4v) is 0.924. The Morgan fingerprint density at radius 3 is 2.11 bits per heavy atom. The molecule has 1 unspecified atom stereocenters. The van der Waals surface area contributed by atoms with Gasteiger partial charge in [-0.05, 0) is 12.8 Å². The normalized spacial score (nSPS) is 12.2. The zero-order valence-electron chi connectivity index (χ0n) is 9.04. The lowest BCUT2D eigenvalue weighted by molar-refractivity contribution is -0.179. The molecule has 0 aliphatic heterocycles. The van der Waals surface area contributed by atoms with Gasteiger partial charge < -0.3 is 4.74 Å². The van der Waals surface area contributed by atoms with Crippen LogP contribution in [0.15, 0.2) is 0 Å². The van der Waals surface area contributed by atoms with Crippen molar-refractivity contribution in [1.29, 1.82) is 0 Å². The van der Waals surface area contributed by atoms with E-state index in [1.807, 2.05) is 0 Å². The summed E-state index contributed by atoms with van der Waals surface area (Å²) in [6.07, 6.45) is -0.917. The van der Waals surface area contributed by atoms with E-state index >= 15 is 0 Å². The van der Waals surface area contributed by atoms with Crippen molar-refractivity contribution in [2.75, 3.05) is 6.61 Å². The molecule has 0 N–H and O–H groups in total. The van der Waals surface area contributed by atoms with Gasteiger partial charge in [-0.25, -0.2) is 4.79 Å². The first-order valence-corrected chi connectivity index (χ1v) is 4.49. The molecule has 0 spiro atoms. The van der Waals surface area contributed by atoms with Crippen molar-refractivity contribution >= 4 is 23.3 Å². The molecule has 0 fully saturated rings. The number of terminal acetylenes is 1. The number of halogens is 3. The number of alkyl halides is 3. The van der Waals surface area contributed by atoms with E-state index in [1.165, 1.54) is 12.8 Å². The van der Waals surface area contributed by atoms with Crippen LogP contribution >= 0.6 is 0 Å². The number of carbonyl (C=O) groups is 4. The van der Waals surface area contributed by atoms with Crippen LogP contribution in [0, 0.1) is 18.3 Å². The average molecular weight is 264 g/mol. The van der Waals surface area contributed by atoms with Crippen LogP contribution < -0.4 is 0 Å². The minimum absolute atomic E-state index is 0.304. The number of ether oxygens (including phenoxy) is 1. The van der Waals surface area contributed by atoms with E-state index in [-0.39, 0.29) is 6.61 Å². The summed E-state index contributed by atoms with van der Waals surface area (Å²) in [7, 11) is 0. The fourth-order valence-electron chi connectivity index (χ4n) is 0.924. The molecule has 18 heavy (non-hydrogen) atoms. The van der Waals surface area contributed by atoms with E-state index in [2.05, 4.69) is 11.2 Å². The second-order valence-corrected chi connectivity index (χ2v) is 2.89. The smallest absolute Gasteiger partial charge is 0.451 e. The number of hydrogen-bond acceptors (Lipinski definition) is 5. The maximum Gasteiger partial charge on any atom is 0.451 e. The molecule has 0 aromatic carbocycles. The summed E-state index contributed by atoms with van der Waals surface area (Å²) in [5, 5.41) is 0. The van der Waals surface area contributed by atoms with Gasteiger partial charge in [0.1, 0.15) is 0 Å². The Balaban J connectivity index is 5.35. The van der Waals surface area contributed by atoms with Gasteiger partial charge in [-0.3, -0.25) is 14.4 Å². The third kappa shape index (κ3) is 3.69. The van der Waals surface area contributed by atoms with Crippen LogP contribution in [0.4, 0.5) is 13.2 Å². The molecular weight excluding hydrogens is 257 g/mol. The van der Waals surface area contributed by atoms with Gasteiger partial charge in [0.05, 0.1) is 6.61 Å². The molecule has 0 radical (unpaired) electrons. The summed E-state index contributed by atoms with van der Waals surface area (Å²) >= 11 is 0. The first-order valence-electron chi connectivity index (χ1n) is 4.49. The predicted octanol–water partition coefficient (Wildman–Crippen LogP) is 0.0685. The van der Waals surface area contributed by atoms with Gasteiger partial charge in [0.2, 0.25) is 5.78 Å². The van der Waals surface area contributed by atoms with Gasteiger partial charge in [0.15, 0.2) is 5.92 Å². The van der Waals surface area contributed by atoms with E-state index in [4.69, 9.17) is 0 Å². The quantitative estimate of drug-likeness (QED) is 0.231. The topological polar surface area (TPSA) is 77.5 Å². The van der Waals surface area contributed by atoms with E-state index in [0.717, 1.165) is 0 Å². The monoisotopic (exact) mass is 264 g/mol. The number of hydrogen-bond donors (Lipinski definition) is 0. The van der Waals surface area contributed by atoms with E-state index in [1.54, 1.807) is 0 Å². The standard InChI is InChI=1S/C10H7F3O5/c1-3-5(14)6(8(16)10(11,12)13)7(15)9(17)18-4-2/h1,6H,4H2,2H3. The lowest BCUT2D eigenvalue weighted by Crippen LogP contribution is -2.43. The van der Waals surface area contributed by atoms with Crippen LogP contribution in [0.25, 0.3) is 0 Å². The average Bonchev–Trinajstić information content (AvgIpc) is 2.27. The third-order valence-corrected chi connectivity index (χ3v) is 1.68. The Morgan fingerprint density at radius 1 is 1.28 bits per heavy atom. The summed E-state index contributed by atoms with van der Waals surface area (Å²) in [5.41, 5.74) is 0. The largest absolute Gasteiger partial charge is 0.460 e. The number of ketones is 3. The number of rotatable bonds is 5. The molecule has 8 heteroatoms. The molecule has 0 saturated heterocycles. The molecule has 0 rings (SSSR count). The van der Waals surface area contributed by atoms with Gasteiger partial charge in [-0.2, -0.15) is 13.2 Å². The number of esters is 1. The molecule has 0 aromatic heterocycles. The minimum Gasteiger partial charge on any atom is -0.460 e. The summed E-state index contributed by atoms with van der Waals surface area (Å²) < 4.78 is 40.5. The Morgan fingerprint density at radius 2 is 1.78 bits per heavy atom. The van der Waals surface area contributed by atoms with Gasteiger partial charge >= 0.3 is 12.1 Å². The highest BCUT2D eigenvalue weighted by Gasteiger charge is 2.51. The molecular formula is C10H7F3O5. The zero-order chi connectivity index (χ0) is 14.5. The highest BCUT2D eigenvalue weighted by Crippen LogP contribution is 2.22. The predicted molar refractivity (Wildman–Crippen MR) is 50.0 cm³/mol. The Bertz CT molecular complexity index is 430. The van der Waals surface area contributed by atoms with E-state index in [0.29, 0.717) is 0 Å². The molecule has 0 aromatic rings. The van der Waals surface area contributed by atoms with Gasteiger partial charge in [-0.15, -0.1) is 6.42 Å². The molecule has 98 valence electrons. The molecule has 1 atom stereocenters. The maximum atomic E-state index is 12.1. The van der Waals surface area contributed by atoms with Crippen molar-refractivity contribution in [3.63, 3.8) is 0 Å². The second kappa shape index (κ2) is 5.95. The molecule has 5 nitrogen and oxygen atoms in total. The first kappa shape index (κ1) is 15.8. The molecule has 0 amide bonds. The van der Waals surface area contributed by atoms with Crippen LogP contribution in [0.2, 0.25) is 0 Å². The van der Waals surface area contributed by atoms with Gasteiger partial charge in [0, 0.05) is 0 Å². The van der Waals surface area contributed by atoms with Gasteiger partial charge in [0.25, 0.3) is 11.6 Å². The first-order chi connectivity index (χ1) is 8.16. The summed E-state index contributed by atoms with van der Waals surface area (Å²) in [5.74, 6) is -9.77. The summed E-state index contributed by atoms with van der Waals surface area (Å²) in [6, 6.07) is 0. The van der Waals surface area contributed by atoms with Crippen LogP contribution in [0.5, 0.6) is 0 Å². The third-order valence-electron chi connectivity index (χ3n) is 1.68. The zero-order valence-corrected chi connectivity index (χ0v) is 9.04. The van der Waals surface area contributed by atoms with Crippen molar-refractivity contribution in [3.8, 4) is 12.3 Å². The highest BCUT2D eigenvalue weighted by atomic mass is 19.4. The Hall–Kier alpha value is -2.17. The van der Waals surface area contributed by atoms with Crippen LogP contribution in [-0.2, 0) is 23.9 Å². The lowest BCUT2D eigenvalue weighted by Gasteiger charge is -2.11. The second-order valence-electron chi connectivity index (χ2n) is 2.89. The van der Waals surface area contributed by atoms with Crippen LogP contribution in [0.3, 0.4) is 0 Å². The van der Waals surface area contributed by atoms with E-state index in [9.17, 15) is 32.3 Å². The van der Waals surface area contributed by atoms with Crippen LogP contribution in [0.1, 0.15) is 6.92 Å². The SMILES string of the molecule is C#CC(=O)C(C(=O)C(=O)OCC)C(=O)C(F)(F)F. The molecule has 0 aliphatic carbocycles. The minimum atomic E-state index is -5.46. The number of Topliss-reactive ketones (excluding diaryl/α,β-unsaturated/α-hetero) is 3. The summed E-state index contributed by atoms with van der Waals surface area (Å²) in [6.45, 7) is 0.983. The van der Waals surface area contributed by atoms with Crippen molar-refractivity contribution in [2.45, 2.75) is 13.1 Å². The number of carbonyl (C=O) groups excluding carboxylic acids is 4. The van der Waals surface area contributed by atoms with Crippen molar-refractivity contribution in [2.24, 2.45) is 5.92 Å². The molecule has 0 bridgehead atoms.